The van der Waals surface area contributed by atoms with Crippen molar-refractivity contribution in [2.75, 3.05) is 6.54 Å². The molecule has 1 amide bonds. The summed E-state index contributed by atoms with van der Waals surface area (Å²) >= 11 is 2.92. The second kappa shape index (κ2) is 6.13. The maximum atomic E-state index is 12.3. The van der Waals surface area contributed by atoms with Gasteiger partial charge >= 0.3 is 5.97 Å². The number of aromatic nitrogens is 2. The molecule has 0 aliphatic rings. The zero-order valence-corrected chi connectivity index (χ0v) is 14.2. The number of amides is 1. The first-order valence-corrected chi connectivity index (χ1v) is 8.70. The average molecular weight is 349 g/mol. The van der Waals surface area contributed by atoms with E-state index in [0.717, 1.165) is 14.6 Å². The molecule has 0 saturated heterocycles. The van der Waals surface area contributed by atoms with Gasteiger partial charge in [-0.15, -0.1) is 22.7 Å². The fourth-order valence-electron chi connectivity index (χ4n) is 2.38. The van der Waals surface area contributed by atoms with E-state index in [1.165, 1.54) is 11.3 Å². The van der Waals surface area contributed by atoms with Gasteiger partial charge in [-0.3, -0.25) is 4.79 Å². The highest BCUT2D eigenvalue weighted by molar-refractivity contribution is 7.19. The van der Waals surface area contributed by atoms with E-state index in [9.17, 15) is 14.7 Å². The molecule has 1 atom stereocenters. The highest BCUT2D eigenvalue weighted by Crippen LogP contribution is 2.31. The number of hydrogen-bond acceptors (Lipinski definition) is 5. The maximum Gasteiger partial charge on any atom is 0.338 e. The van der Waals surface area contributed by atoms with Gasteiger partial charge in [0.05, 0.1) is 20.8 Å². The molecule has 0 aliphatic heterocycles. The first kappa shape index (κ1) is 15.7. The van der Waals surface area contributed by atoms with Crippen LogP contribution in [0.4, 0.5) is 0 Å². The minimum atomic E-state index is -0.986. The van der Waals surface area contributed by atoms with Crippen molar-refractivity contribution in [3.05, 3.63) is 38.8 Å². The van der Waals surface area contributed by atoms with E-state index in [4.69, 9.17) is 0 Å². The number of fused-ring (bicyclic) bond motifs is 1. The van der Waals surface area contributed by atoms with E-state index in [-0.39, 0.29) is 17.4 Å². The molecule has 0 spiro atoms. The third-order valence-electron chi connectivity index (χ3n) is 3.55. The summed E-state index contributed by atoms with van der Waals surface area (Å²) in [5.41, 5.74) is 1.12. The molecule has 8 heteroatoms. The van der Waals surface area contributed by atoms with Crippen molar-refractivity contribution in [3.63, 3.8) is 0 Å². The lowest BCUT2D eigenvalue weighted by atomic mass is 10.2. The largest absolute Gasteiger partial charge is 0.478 e. The summed E-state index contributed by atoms with van der Waals surface area (Å²) in [5, 5.41) is 15.0. The number of hydrogen-bond donors (Lipinski definition) is 3. The van der Waals surface area contributed by atoms with Gasteiger partial charge in [-0.2, -0.15) is 0 Å². The van der Waals surface area contributed by atoms with Crippen molar-refractivity contribution in [2.45, 2.75) is 19.8 Å². The monoisotopic (exact) mass is 349 g/mol. The summed E-state index contributed by atoms with van der Waals surface area (Å²) in [7, 11) is 0. The Morgan fingerprint density at radius 1 is 1.48 bits per heavy atom. The predicted octanol–water partition coefficient (Wildman–Crippen LogP) is 3.23. The van der Waals surface area contributed by atoms with Crippen LogP contribution < -0.4 is 5.32 Å². The van der Waals surface area contributed by atoms with Crippen LogP contribution in [0.1, 0.15) is 43.6 Å². The molecule has 6 nitrogen and oxygen atoms in total. The van der Waals surface area contributed by atoms with E-state index in [1.54, 1.807) is 30.5 Å². The Hall–Kier alpha value is -2.19. The Labute approximate surface area is 140 Å². The highest BCUT2D eigenvalue weighted by atomic mass is 32.1. The normalized spacial score (nSPS) is 12.4. The van der Waals surface area contributed by atoms with E-state index < -0.39 is 5.97 Å². The van der Waals surface area contributed by atoms with Crippen molar-refractivity contribution < 1.29 is 14.7 Å². The van der Waals surface area contributed by atoms with Gasteiger partial charge in [0.15, 0.2) is 0 Å². The topological polar surface area (TPSA) is 95.1 Å². The molecule has 3 aromatic heterocycles. The number of rotatable bonds is 5. The molecule has 0 aromatic carbocycles. The summed E-state index contributed by atoms with van der Waals surface area (Å²) in [5.74, 6) is -1.10. The number of thiophene rings is 1. The number of H-pyrrole nitrogens is 1. The molecule has 3 aromatic rings. The van der Waals surface area contributed by atoms with E-state index >= 15 is 0 Å². The summed E-state index contributed by atoms with van der Waals surface area (Å²) < 4.78 is 0.776. The molecule has 0 bridgehead atoms. The van der Waals surface area contributed by atoms with Crippen LogP contribution in [0.15, 0.2) is 17.6 Å². The van der Waals surface area contributed by atoms with Crippen LogP contribution in [0.5, 0.6) is 0 Å². The number of aromatic amines is 1. The van der Waals surface area contributed by atoms with E-state index in [1.807, 2.05) is 12.3 Å². The number of carboxylic acids is 1. The standard InChI is InChI=1S/C15H15N3O3S2/c1-7(14-16-3-4-22-14)6-17-13(19)9-5-10-12(18-9)11(15(20)21)8(2)23-10/h3-5,7,18H,6H2,1-2H3,(H,17,19)(H,20,21). The van der Waals surface area contributed by atoms with Crippen LogP contribution in [0.2, 0.25) is 0 Å². The minimum absolute atomic E-state index is 0.131. The molecule has 120 valence electrons. The summed E-state index contributed by atoms with van der Waals surface area (Å²) in [6.07, 6.45) is 1.74. The first-order valence-electron chi connectivity index (χ1n) is 7.00. The minimum Gasteiger partial charge on any atom is -0.478 e. The fraction of sp³-hybridized carbons (Fsp3) is 0.267. The van der Waals surface area contributed by atoms with Crippen LogP contribution in [0, 0.1) is 6.92 Å². The van der Waals surface area contributed by atoms with Crippen molar-refractivity contribution in [3.8, 4) is 0 Å². The van der Waals surface area contributed by atoms with Crippen LogP contribution in [0.25, 0.3) is 10.2 Å². The smallest absolute Gasteiger partial charge is 0.338 e. The zero-order chi connectivity index (χ0) is 16.6. The third kappa shape index (κ3) is 2.99. The number of carbonyl (C=O) groups excluding carboxylic acids is 1. The molecule has 0 aliphatic carbocycles. The zero-order valence-electron chi connectivity index (χ0n) is 12.5. The molecule has 3 rings (SSSR count). The van der Waals surface area contributed by atoms with Gasteiger partial charge in [-0.1, -0.05) is 6.92 Å². The molecular formula is C15H15N3O3S2. The average Bonchev–Trinajstić information content (AvgIpc) is 3.18. The van der Waals surface area contributed by atoms with Crippen molar-refractivity contribution in [1.82, 2.24) is 15.3 Å². The number of thiazole rings is 1. The predicted molar refractivity (Wildman–Crippen MR) is 90.7 cm³/mol. The Balaban J connectivity index is 1.75. The number of aryl methyl sites for hydroxylation is 1. The number of nitrogens with one attached hydrogen (secondary N) is 2. The summed E-state index contributed by atoms with van der Waals surface area (Å²) in [6.45, 7) is 4.24. The lowest BCUT2D eigenvalue weighted by Gasteiger charge is -2.09. The Kier molecular flexibility index (Phi) is 4.18. The van der Waals surface area contributed by atoms with Gasteiger partial charge in [-0.25, -0.2) is 9.78 Å². The van der Waals surface area contributed by atoms with Gasteiger partial charge in [0.1, 0.15) is 5.69 Å². The summed E-state index contributed by atoms with van der Waals surface area (Å²) in [6, 6.07) is 1.70. The third-order valence-corrected chi connectivity index (χ3v) is 5.61. The molecule has 0 saturated carbocycles. The number of carboxylic acid groups (broad SMARTS) is 1. The number of aromatic carboxylic acids is 1. The van der Waals surface area contributed by atoms with Gasteiger partial charge < -0.3 is 15.4 Å². The molecule has 1 unspecified atom stereocenters. The molecular weight excluding hydrogens is 334 g/mol. The van der Waals surface area contributed by atoms with E-state index in [0.29, 0.717) is 17.8 Å². The number of carbonyl (C=O) groups is 2. The van der Waals surface area contributed by atoms with Gasteiger partial charge in [0.25, 0.3) is 5.91 Å². The van der Waals surface area contributed by atoms with Gasteiger partial charge in [0.2, 0.25) is 0 Å². The Morgan fingerprint density at radius 3 is 2.91 bits per heavy atom. The van der Waals surface area contributed by atoms with Gasteiger partial charge in [-0.05, 0) is 13.0 Å². The molecule has 3 N–H and O–H groups in total. The second-order valence-corrected chi connectivity index (χ2v) is 7.42. The lowest BCUT2D eigenvalue weighted by molar-refractivity contribution is 0.0698. The van der Waals surface area contributed by atoms with Crippen LogP contribution >= 0.6 is 22.7 Å². The van der Waals surface area contributed by atoms with Crippen molar-refractivity contribution in [2.24, 2.45) is 0 Å². The molecule has 0 fully saturated rings. The Morgan fingerprint density at radius 2 is 2.26 bits per heavy atom. The van der Waals surface area contributed by atoms with Crippen molar-refractivity contribution in [1.29, 1.82) is 0 Å². The Bertz CT molecular complexity index is 864. The number of nitrogens with zero attached hydrogens (tertiary/aromatic N) is 1. The van der Waals surface area contributed by atoms with Crippen LogP contribution in [0.3, 0.4) is 0 Å². The maximum absolute atomic E-state index is 12.3. The second-order valence-electron chi connectivity index (χ2n) is 5.24. The summed E-state index contributed by atoms with van der Waals surface area (Å²) in [4.78, 5) is 31.4. The molecule has 3 heterocycles. The SMILES string of the molecule is Cc1sc2cc(C(=O)NCC(C)c3nccs3)[nH]c2c1C(=O)O. The quantitative estimate of drug-likeness (QED) is 0.659. The van der Waals surface area contributed by atoms with Crippen LogP contribution in [-0.4, -0.2) is 33.5 Å². The molecule has 0 radical (unpaired) electrons. The van der Waals surface area contributed by atoms with Crippen molar-refractivity contribution >= 4 is 44.8 Å². The first-order chi connectivity index (χ1) is 11.0. The van der Waals surface area contributed by atoms with E-state index in [2.05, 4.69) is 15.3 Å². The highest BCUT2D eigenvalue weighted by Gasteiger charge is 2.20. The van der Waals surface area contributed by atoms with Crippen LogP contribution in [-0.2, 0) is 0 Å². The molecule has 23 heavy (non-hydrogen) atoms. The van der Waals surface area contributed by atoms with Gasteiger partial charge in [0, 0.05) is 28.9 Å². The lowest BCUT2D eigenvalue weighted by Crippen LogP contribution is -2.27. The fourth-order valence-corrected chi connectivity index (χ4v) is 4.13.